The normalized spacial score (nSPS) is 16.7. The van der Waals surface area contributed by atoms with Gasteiger partial charge in [0.25, 0.3) is 17.7 Å². The van der Waals surface area contributed by atoms with Gasteiger partial charge < -0.3 is 10.3 Å². The molecule has 2 aromatic carbocycles. The largest absolute Gasteiger partial charge is 0.361 e. The van der Waals surface area contributed by atoms with Gasteiger partial charge in [-0.2, -0.15) is 0 Å². The first-order valence-corrected chi connectivity index (χ1v) is 11.0. The first kappa shape index (κ1) is 19.5. The Balaban J connectivity index is 1.25. The lowest BCUT2D eigenvalue weighted by Gasteiger charge is -2.29. The molecule has 1 fully saturated rings. The molecule has 31 heavy (non-hydrogen) atoms. The van der Waals surface area contributed by atoms with Crippen LogP contribution >= 0.6 is 0 Å². The lowest BCUT2D eigenvalue weighted by molar-refractivity contribution is 0.0548. The molecule has 0 spiro atoms. The molecule has 1 aliphatic heterocycles. The number of benzene rings is 2. The highest BCUT2D eigenvalue weighted by Crippen LogP contribution is 2.31. The number of nitrogens with zero attached hydrogens (tertiary/aromatic N) is 1. The molecule has 158 valence electrons. The van der Waals surface area contributed by atoms with E-state index in [-0.39, 0.29) is 23.8 Å². The second-order valence-corrected chi connectivity index (χ2v) is 8.44. The fourth-order valence-electron chi connectivity index (χ4n) is 4.74. The Morgan fingerprint density at radius 1 is 0.968 bits per heavy atom. The van der Waals surface area contributed by atoms with Crippen LogP contribution in [0.4, 0.5) is 0 Å². The van der Waals surface area contributed by atoms with Gasteiger partial charge in [0.05, 0.1) is 11.1 Å². The van der Waals surface area contributed by atoms with Gasteiger partial charge in [0.2, 0.25) is 0 Å². The fourth-order valence-corrected chi connectivity index (χ4v) is 4.74. The summed E-state index contributed by atoms with van der Waals surface area (Å²) in [7, 11) is 0. The van der Waals surface area contributed by atoms with Crippen LogP contribution < -0.4 is 5.32 Å². The smallest absolute Gasteiger partial charge is 0.261 e. The zero-order valence-electron chi connectivity index (χ0n) is 17.3. The van der Waals surface area contributed by atoms with Gasteiger partial charge in [-0.15, -0.1) is 0 Å². The Labute approximate surface area is 180 Å². The van der Waals surface area contributed by atoms with Gasteiger partial charge in [0.1, 0.15) is 0 Å². The number of rotatable bonds is 5. The van der Waals surface area contributed by atoms with Gasteiger partial charge in [-0.05, 0) is 60.5 Å². The number of aromatic amines is 1. The molecular formula is C25H25N3O3. The highest BCUT2D eigenvalue weighted by molar-refractivity contribution is 6.22. The van der Waals surface area contributed by atoms with Gasteiger partial charge in [-0.25, -0.2) is 0 Å². The molecule has 2 aliphatic rings. The van der Waals surface area contributed by atoms with Crippen molar-refractivity contribution in [1.29, 1.82) is 0 Å². The van der Waals surface area contributed by atoms with Crippen molar-refractivity contribution >= 4 is 28.6 Å². The summed E-state index contributed by atoms with van der Waals surface area (Å²) in [5.41, 5.74) is 3.37. The van der Waals surface area contributed by atoms with Gasteiger partial charge in [0.15, 0.2) is 0 Å². The Kier molecular flexibility index (Phi) is 5.06. The summed E-state index contributed by atoms with van der Waals surface area (Å²) in [5.74, 6) is -0.723. The average molecular weight is 415 g/mol. The van der Waals surface area contributed by atoms with E-state index in [1.807, 2.05) is 12.3 Å². The molecule has 6 heteroatoms. The third-order valence-electron chi connectivity index (χ3n) is 6.44. The van der Waals surface area contributed by atoms with E-state index < -0.39 is 0 Å². The third kappa shape index (κ3) is 3.63. The van der Waals surface area contributed by atoms with E-state index in [0.717, 1.165) is 48.6 Å². The Hall–Kier alpha value is -3.41. The molecule has 0 radical (unpaired) electrons. The van der Waals surface area contributed by atoms with Crippen molar-refractivity contribution in [2.45, 2.75) is 44.6 Å². The minimum atomic E-state index is -0.263. The maximum absolute atomic E-state index is 12.9. The number of carbonyl (C=O) groups is 3. The Morgan fingerprint density at radius 2 is 1.77 bits per heavy atom. The molecule has 0 unspecified atom stereocenters. The van der Waals surface area contributed by atoms with E-state index in [9.17, 15) is 14.4 Å². The molecule has 6 nitrogen and oxygen atoms in total. The van der Waals surface area contributed by atoms with Crippen molar-refractivity contribution in [2.75, 3.05) is 6.54 Å². The fraction of sp³-hybridized carbons (Fsp3) is 0.320. The SMILES string of the molecule is O=C(NCCc1ccc2cc[nH]c2c1)c1ccc2c(c1)C(=O)N(C1CCCCC1)C2=O. The quantitative estimate of drug-likeness (QED) is 0.617. The van der Waals surface area contributed by atoms with Gasteiger partial charge in [-0.1, -0.05) is 31.4 Å². The molecule has 0 saturated heterocycles. The summed E-state index contributed by atoms with van der Waals surface area (Å²) in [6, 6.07) is 13.0. The van der Waals surface area contributed by atoms with Crippen molar-refractivity contribution in [1.82, 2.24) is 15.2 Å². The molecular weight excluding hydrogens is 390 g/mol. The first-order valence-electron chi connectivity index (χ1n) is 11.0. The first-order chi connectivity index (χ1) is 15.1. The van der Waals surface area contributed by atoms with Gasteiger partial charge >= 0.3 is 0 Å². The average Bonchev–Trinajstić information content (AvgIpc) is 3.36. The van der Waals surface area contributed by atoms with Crippen molar-refractivity contribution in [2.24, 2.45) is 0 Å². The summed E-state index contributed by atoms with van der Waals surface area (Å²) < 4.78 is 0. The molecule has 1 saturated carbocycles. The molecule has 1 aliphatic carbocycles. The van der Waals surface area contributed by atoms with Crippen LogP contribution in [0.15, 0.2) is 48.7 Å². The molecule has 0 atom stereocenters. The van der Waals surface area contributed by atoms with Gasteiger partial charge in [0, 0.05) is 29.9 Å². The zero-order valence-corrected chi connectivity index (χ0v) is 17.3. The predicted octanol–water partition coefficient (Wildman–Crippen LogP) is 4.07. The summed E-state index contributed by atoms with van der Waals surface area (Å²) in [6.07, 6.45) is 7.60. The standard InChI is InChI=1S/C25H25N3O3/c29-23(27-12-10-16-6-7-17-11-13-26-22(17)14-16)18-8-9-20-21(15-18)25(31)28(24(20)30)19-4-2-1-3-5-19/h6-9,11,13-15,19,26H,1-5,10,12H2,(H,27,29). The molecule has 1 aromatic heterocycles. The van der Waals surface area contributed by atoms with Crippen molar-refractivity contribution in [3.8, 4) is 0 Å². The Morgan fingerprint density at radius 3 is 2.61 bits per heavy atom. The maximum Gasteiger partial charge on any atom is 0.261 e. The monoisotopic (exact) mass is 415 g/mol. The lowest BCUT2D eigenvalue weighted by atomic mass is 9.94. The van der Waals surface area contributed by atoms with E-state index in [2.05, 4.69) is 28.5 Å². The van der Waals surface area contributed by atoms with Crippen LogP contribution in [0.3, 0.4) is 0 Å². The molecule has 2 heterocycles. The number of amides is 3. The minimum absolute atomic E-state index is 0.0181. The summed E-state index contributed by atoms with van der Waals surface area (Å²) in [4.78, 5) is 43.0. The third-order valence-corrected chi connectivity index (χ3v) is 6.44. The second kappa shape index (κ2) is 8.02. The molecule has 2 N–H and O–H groups in total. The number of imide groups is 1. The number of fused-ring (bicyclic) bond motifs is 2. The zero-order chi connectivity index (χ0) is 21.4. The predicted molar refractivity (Wildman–Crippen MR) is 118 cm³/mol. The van der Waals surface area contributed by atoms with Crippen molar-refractivity contribution < 1.29 is 14.4 Å². The molecule has 3 amide bonds. The van der Waals surface area contributed by atoms with Crippen LogP contribution in [-0.2, 0) is 6.42 Å². The second-order valence-electron chi connectivity index (χ2n) is 8.44. The number of H-pyrrole nitrogens is 1. The maximum atomic E-state index is 12.9. The van der Waals surface area contributed by atoms with Gasteiger partial charge in [-0.3, -0.25) is 19.3 Å². The molecule has 0 bridgehead atoms. The number of hydrogen-bond donors (Lipinski definition) is 2. The minimum Gasteiger partial charge on any atom is -0.361 e. The number of nitrogens with one attached hydrogen (secondary N) is 2. The Bertz CT molecular complexity index is 1170. The number of hydrogen-bond acceptors (Lipinski definition) is 3. The van der Waals surface area contributed by atoms with Crippen LogP contribution in [0.5, 0.6) is 0 Å². The van der Waals surface area contributed by atoms with E-state index in [4.69, 9.17) is 0 Å². The van der Waals surface area contributed by atoms with Crippen molar-refractivity contribution in [3.63, 3.8) is 0 Å². The van der Waals surface area contributed by atoms with E-state index in [0.29, 0.717) is 29.7 Å². The topological polar surface area (TPSA) is 82.3 Å². The highest BCUT2D eigenvalue weighted by atomic mass is 16.2. The van der Waals surface area contributed by atoms with Crippen LogP contribution in [0, 0.1) is 0 Å². The van der Waals surface area contributed by atoms with Crippen LogP contribution in [0.1, 0.15) is 68.7 Å². The number of aromatic nitrogens is 1. The van der Waals surface area contributed by atoms with Crippen LogP contribution in [0.25, 0.3) is 10.9 Å². The van der Waals surface area contributed by atoms with Crippen molar-refractivity contribution in [3.05, 3.63) is 70.9 Å². The van der Waals surface area contributed by atoms with Crippen LogP contribution in [0.2, 0.25) is 0 Å². The lowest BCUT2D eigenvalue weighted by Crippen LogP contribution is -2.40. The summed E-state index contributed by atoms with van der Waals surface area (Å²) >= 11 is 0. The highest BCUT2D eigenvalue weighted by Gasteiger charge is 2.40. The van der Waals surface area contributed by atoms with E-state index in [1.165, 1.54) is 4.90 Å². The molecule has 5 rings (SSSR count). The van der Waals surface area contributed by atoms with E-state index >= 15 is 0 Å². The summed E-state index contributed by atoms with van der Waals surface area (Å²) in [5, 5.41) is 4.08. The van der Waals surface area contributed by atoms with E-state index in [1.54, 1.807) is 18.2 Å². The molecule has 3 aromatic rings. The summed E-state index contributed by atoms with van der Waals surface area (Å²) in [6.45, 7) is 0.489. The van der Waals surface area contributed by atoms with Crippen LogP contribution in [-0.4, -0.2) is 40.2 Å². The number of carbonyl (C=O) groups excluding carboxylic acids is 3.